The lowest BCUT2D eigenvalue weighted by molar-refractivity contribution is 0.378. The molecule has 5 heteroatoms. The van der Waals surface area contributed by atoms with Crippen LogP contribution in [0, 0.1) is 0 Å². The molecule has 1 aromatic heterocycles. The summed E-state index contributed by atoms with van der Waals surface area (Å²) < 4.78 is 5.56. The van der Waals surface area contributed by atoms with E-state index in [0.717, 1.165) is 5.75 Å². The van der Waals surface area contributed by atoms with Crippen LogP contribution in [0.1, 0.15) is 39.5 Å². The van der Waals surface area contributed by atoms with Gasteiger partial charge in [0.2, 0.25) is 11.8 Å². The maximum absolute atomic E-state index is 5.56. The molecule has 0 radical (unpaired) electrons. The molecule has 0 saturated carbocycles. The fourth-order valence-corrected chi connectivity index (χ4v) is 1.58. The van der Waals surface area contributed by atoms with E-state index in [-0.39, 0.29) is 5.41 Å². The highest BCUT2D eigenvalue weighted by Gasteiger charge is 2.21. The van der Waals surface area contributed by atoms with Crippen molar-refractivity contribution in [3.8, 4) is 0 Å². The van der Waals surface area contributed by atoms with Crippen molar-refractivity contribution < 1.29 is 4.42 Å². The molecule has 1 atom stereocenters. The zero-order chi connectivity index (χ0) is 11.5. The topological polar surface area (TPSA) is 64.9 Å². The minimum Gasteiger partial charge on any atom is -0.424 e. The first-order chi connectivity index (χ1) is 6.93. The molecule has 4 nitrogen and oxygen atoms in total. The van der Waals surface area contributed by atoms with Crippen LogP contribution in [0.25, 0.3) is 0 Å². The van der Waals surface area contributed by atoms with E-state index in [9.17, 15) is 0 Å². The second-order valence-electron chi connectivity index (χ2n) is 4.61. The molecule has 0 spiro atoms. The van der Waals surface area contributed by atoms with Crippen LogP contribution in [-0.2, 0) is 11.2 Å². The number of aromatic nitrogens is 2. The Labute approximate surface area is 95.0 Å². The monoisotopic (exact) mass is 229 g/mol. The SMILES string of the molecule is CC(CN)SCc1nnc(C(C)(C)C)o1. The molecule has 1 heterocycles. The summed E-state index contributed by atoms with van der Waals surface area (Å²) in [7, 11) is 0. The second-order valence-corrected chi connectivity index (χ2v) is 6.04. The Morgan fingerprint density at radius 2 is 2.07 bits per heavy atom. The van der Waals surface area contributed by atoms with Gasteiger partial charge in [-0.2, -0.15) is 0 Å². The minimum atomic E-state index is -0.0740. The first-order valence-electron chi connectivity index (χ1n) is 5.08. The smallest absolute Gasteiger partial charge is 0.226 e. The summed E-state index contributed by atoms with van der Waals surface area (Å²) in [6.07, 6.45) is 0. The van der Waals surface area contributed by atoms with Crippen molar-refractivity contribution in [3.63, 3.8) is 0 Å². The maximum Gasteiger partial charge on any atom is 0.226 e. The van der Waals surface area contributed by atoms with Crippen molar-refractivity contribution >= 4 is 11.8 Å². The average molecular weight is 229 g/mol. The van der Waals surface area contributed by atoms with Crippen molar-refractivity contribution in [1.82, 2.24) is 10.2 Å². The van der Waals surface area contributed by atoms with E-state index >= 15 is 0 Å². The van der Waals surface area contributed by atoms with Crippen molar-refractivity contribution in [3.05, 3.63) is 11.8 Å². The van der Waals surface area contributed by atoms with Crippen LogP contribution >= 0.6 is 11.8 Å². The van der Waals surface area contributed by atoms with Crippen molar-refractivity contribution in [2.45, 2.75) is 44.1 Å². The molecule has 0 aliphatic rings. The highest BCUT2D eigenvalue weighted by atomic mass is 32.2. The molecule has 0 amide bonds. The van der Waals surface area contributed by atoms with E-state index in [4.69, 9.17) is 10.2 Å². The Hall–Kier alpha value is -0.550. The third-order valence-corrected chi connectivity index (χ3v) is 3.11. The quantitative estimate of drug-likeness (QED) is 0.854. The van der Waals surface area contributed by atoms with Crippen molar-refractivity contribution in [1.29, 1.82) is 0 Å². The highest BCUT2D eigenvalue weighted by molar-refractivity contribution is 7.99. The van der Waals surface area contributed by atoms with Gasteiger partial charge in [-0.15, -0.1) is 22.0 Å². The minimum absolute atomic E-state index is 0.0740. The zero-order valence-electron chi connectivity index (χ0n) is 9.78. The molecule has 0 saturated heterocycles. The molecular weight excluding hydrogens is 210 g/mol. The van der Waals surface area contributed by atoms with Gasteiger partial charge in [-0.25, -0.2) is 0 Å². The Kier molecular flexibility index (Phi) is 4.16. The van der Waals surface area contributed by atoms with E-state index in [1.165, 1.54) is 0 Å². The van der Waals surface area contributed by atoms with Gasteiger partial charge in [-0.3, -0.25) is 0 Å². The van der Waals surface area contributed by atoms with Gasteiger partial charge in [0, 0.05) is 17.2 Å². The van der Waals surface area contributed by atoms with Crippen LogP contribution < -0.4 is 5.73 Å². The Morgan fingerprint density at radius 3 is 2.53 bits per heavy atom. The molecule has 1 unspecified atom stereocenters. The average Bonchev–Trinajstić information content (AvgIpc) is 2.61. The van der Waals surface area contributed by atoms with Crippen molar-refractivity contribution in [2.75, 3.05) is 6.54 Å². The van der Waals surface area contributed by atoms with E-state index < -0.39 is 0 Å². The number of hydrogen-bond donors (Lipinski definition) is 1. The van der Waals surface area contributed by atoms with Gasteiger partial charge < -0.3 is 10.2 Å². The summed E-state index contributed by atoms with van der Waals surface area (Å²) in [6.45, 7) is 8.93. The number of nitrogens with zero attached hydrogens (tertiary/aromatic N) is 2. The summed E-state index contributed by atoms with van der Waals surface area (Å²) in [5.74, 6) is 2.12. The summed E-state index contributed by atoms with van der Waals surface area (Å²) in [5, 5.41) is 8.47. The summed E-state index contributed by atoms with van der Waals surface area (Å²) in [6, 6.07) is 0. The van der Waals surface area contributed by atoms with Gasteiger partial charge in [0.1, 0.15) is 0 Å². The van der Waals surface area contributed by atoms with Gasteiger partial charge in [0.25, 0.3) is 0 Å². The molecule has 0 bridgehead atoms. The zero-order valence-corrected chi connectivity index (χ0v) is 10.6. The fraction of sp³-hybridized carbons (Fsp3) is 0.800. The van der Waals surface area contributed by atoms with E-state index in [1.807, 2.05) is 0 Å². The third-order valence-electron chi connectivity index (χ3n) is 1.93. The lowest BCUT2D eigenvalue weighted by Gasteiger charge is -2.11. The van der Waals surface area contributed by atoms with Crippen LogP contribution in [0.4, 0.5) is 0 Å². The van der Waals surface area contributed by atoms with Gasteiger partial charge in [-0.05, 0) is 0 Å². The summed E-state index contributed by atoms with van der Waals surface area (Å²) >= 11 is 1.73. The van der Waals surface area contributed by atoms with Gasteiger partial charge >= 0.3 is 0 Å². The molecule has 15 heavy (non-hydrogen) atoms. The normalized spacial score (nSPS) is 14.2. The van der Waals surface area contributed by atoms with E-state index in [2.05, 4.69) is 37.9 Å². The Morgan fingerprint density at radius 1 is 1.40 bits per heavy atom. The van der Waals surface area contributed by atoms with Crippen LogP contribution in [0.3, 0.4) is 0 Å². The molecule has 0 aromatic carbocycles. The van der Waals surface area contributed by atoms with Crippen LogP contribution in [0.2, 0.25) is 0 Å². The first-order valence-corrected chi connectivity index (χ1v) is 6.13. The van der Waals surface area contributed by atoms with Crippen molar-refractivity contribution in [2.24, 2.45) is 5.73 Å². The van der Waals surface area contributed by atoms with E-state index in [1.54, 1.807) is 11.8 Å². The van der Waals surface area contributed by atoms with Gasteiger partial charge in [0.15, 0.2) is 0 Å². The summed E-state index contributed by atoms with van der Waals surface area (Å²) in [4.78, 5) is 0. The predicted molar refractivity (Wildman–Crippen MR) is 62.8 cm³/mol. The largest absolute Gasteiger partial charge is 0.424 e. The molecular formula is C10H19N3OS. The molecule has 1 aromatic rings. The first kappa shape index (κ1) is 12.5. The highest BCUT2D eigenvalue weighted by Crippen LogP contribution is 2.22. The van der Waals surface area contributed by atoms with Crippen LogP contribution in [0.5, 0.6) is 0 Å². The molecule has 0 aliphatic heterocycles. The predicted octanol–water partition coefficient (Wildman–Crippen LogP) is 1.95. The molecule has 1 rings (SSSR count). The second kappa shape index (κ2) is 4.99. The summed E-state index contributed by atoms with van der Waals surface area (Å²) in [5.41, 5.74) is 5.45. The van der Waals surface area contributed by atoms with Gasteiger partial charge in [0.05, 0.1) is 5.75 Å². The Balaban J connectivity index is 2.54. The molecule has 0 fully saturated rings. The fourth-order valence-electron chi connectivity index (χ4n) is 0.897. The number of thioether (sulfide) groups is 1. The van der Waals surface area contributed by atoms with Crippen LogP contribution in [-0.4, -0.2) is 22.0 Å². The van der Waals surface area contributed by atoms with Crippen LogP contribution in [0.15, 0.2) is 4.42 Å². The number of nitrogens with two attached hydrogens (primary N) is 1. The van der Waals surface area contributed by atoms with E-state index in [0.29, 0.717) is 23.6 Å². The lowest BCUT2D eigenvalue weighted by atomic mass is 9.97. The number of rotatable bonds is 4. The third kappa shape index (κ3) is 3.83. The lowest BCUT2D eigenvalue weighted by Crippen LogP contribution is -2.12. The Bertz CT molecular complexity index is 306. The molecule has 86 valence electrons. The molecule has 0 aliphatic carbocycles. The number of hydrogen-bond acceptors (Lipinski definition) is 5. The maximum atomic E-state index is 5.56. The standard InChI is InChI=1S/C10H19N3OS/c1-7(5-11)15-6-8-12-13-9(14-8)10(2,3)4/h7H,5-6,11H2,1-4H3. The molecule has 2 N–H and O–H groups in total. The van der Waals surface area contributed by atoms with Gasteiger partial charge in [-0.1, -0.05) is 27.7 Å².